The molecule has 0 spiro atoms. The van der Waals surface area contributed by atoms with Crippen LogP contribution in [0.4, 0.5) is 13.6 Å². The van der Waals surface area contributed by atoms with E-state index in [0.717, 1.165) is 23.9 Å². The number of primary amides is 1. The number of halogens is 2. The van der Waals surface area contributed by atoms with E-state index in [1.54, 1.807) is 13.8 Å². The summed E-state index contributed by atoms with van der Waals surface area (Å²) in [7, 11) is 0. The third-order valence-corrected chi connectivity index (χ3v) is 3.80. The van der Waals surface area contributed by atoms with Crippen LogP contribution in [0.25, 0.3) is 0 Å². The highest BCUT2D eigenvalue weighted by molar-refractivity contribution is 8.00. The topological polar surface area (TPSA) is 72.2 Å². The van der Waals surface area contributed by atoms with E-state index >= 15 is 0 Å². The predicted molar refractivity (Wildman–Crippen MR) is 68.6 cm³/mol. The van der Waals surface area contributed by atoms with Gasteiger partial charge < -0.3 is 5.73 Å². The van der Waals surface area contributed by atoms with Crippen LogP contribution in [0.3, 0.4) is 0 Å². The number of carbonyl (C=O) groups is 2. The number of carbonyl (C=O) groups excluding carboxylic acids is 2. The zero-order valence-corrected chi connectivity index (χ0v) is 11.3. The van der Waals surface area contributed by atoms with Crippen molar-refractivity contribution in [3.63, 3.8) is 0 Å². The summed E-state index contributed by atoms with van der Waals surface area (Å²) in [6, 6.07) is 2.42. The Morgan fingerprint density at radius 1 is 1.26 bits per heavy atom. The van der Waals surface area contributed by atoms with Crippen LogP contribution >= 0.6 is 11.8 Å². The van der Waals surface area contributed by atoms with Crippen LogP contribution in [0.2, 0.25) is 0 Å². The summed E-state index contributed by atoms with van der Waals surface area (Å²) in [5, 5.41) is 1.35. The Morgan fingerprint density at radius 2 is 1.89 bits per heavy atom. The molecule has 7 heteroatoms. The standard InChI is InChI=1S/C12H14F2N2O2S/c1-6(2)10(11(17)16-12(15)18)19-7-3-4-8(13)9(14)5-7/h3-6,10H,1-2H3,(H3,15,16,17,18). The van der Waals surface area contributed by atoms with E-state index in [1.807, 2.05) is 5.32 Å². The number of urea groups is 1. The van der Waals surface area contributed by atoms with Crippen molar-refractivity contribution in [3.05, 3.63) is 29.8 Å². The fourth-order valence-corrected chi connectivity index (χ4v) is 2.43. The van der Waals surface area contributed by atoms with Crippen LogP contribution in [0.1, 0.15) is 13.8 Å². The number of thioether (sulfide) groups is 1. The summed E-state index contributed by atoms with van der Waals surface area (Å²) in [4.78, 5) is 22.8. The molecule has 3 N–H and O–H groups in total. The Bertz CT molecular complexity index is 495. The molecule has 0 radical (unpaired) electrons. The van der Waals surface area contributed by atoms with Crippen LogP contribution in [-0.4, -0.2) is 17.2 Å². The van der Waals surface area contributed by atoms with Crippen LogP contribution in [0, 0.1) is 17.6 Å². The second kappa shape index (κ2) is 6.51. The molecule has 0 aliphatic carbocycles. The molecule has 1 unspecified atom stereocenters. The van der Waals surface area contributed by atoms with Gasteiger partial charge in [-0.25, -0.2) is 13.6 Å². The highest BCUT2D eigenvalue weighted by Crippen LogP contribution is 2.29. The first kappa shape index (κ1) is 15.4. The maximum absolute atomic E-state index is 13.1. The van der Waals surface area contributed by atoms with Gasteiger partial charge in [0.2, 0.25) is 5.91 Å². The van der Waals surface area contributed by atoms with Gasteiger partial charge in [0.15, 0.2) is 11.6 Å². The SMILES string of the molecule is CC(C)C(Sc1ccc(F)c(F)c1)C(=O)NC(N)=O. The molecular formula is C12H14F2N2O2S. The normalized spacial score (nSPS) is 12.3. The average Bonchev–Trinajstić information content (AvgIpc) is 2.29. The van der Waals surface area contributed by atoms with E-state index < -0.39 is 28.8 Å². The van der Waals surface area contributed by atoms with Crippen molar-refractivity contribution in [2.45, 2.75) is 24.0 Å². The van der Waals surface area contributed by atoms with Gasteiger partial charge in [0.05, 0.1) is 5.25 Å². The summed E-state index contributed by atoms with van der Waals surface area (Å²) in [5.74, 6) is -2.61. The van der Waals surface area contributed by atoms with Crippen molar-refractivity contribution < 1.29 is 18.4 Å². The lowest BCUT2D eigenvalue weighted by Gasteiger charge is -2.18. The molecular weight excluding hydrogens is 274 g/mol. The molecule has 0 heterocycles. The van der Waals surface area contributed by atoms with Crippen molar-refractivity contribution in [2.24, 2.45) is 11.7 Å². The lowest BCUT2D eigenvalue weighted by molar-refractivity contribution is -0.120. The summed E-state index contributed by atoms with van der Waals surface area (Å²) < 4.78 is 25.9. The predicted octanol–water partition coefficient (Wildman–Crippen LogP) is 2.28. The molecule has 0 aliphatic rings. The second-order valence-corrected chi connectivity index (χ2v) is 5.43. The van der Waals surface area contributed by atoms with Gasteiger partial charge in [0, 0.05) is 4.90 Å². The molecule has 0 aromatic heterocycles. The van der Waals surface area contributed by atoms with Gasteiger partial charge in [-0.3, -0.25) is 10.1 Å². The molecule has 1 atom stereocenters. The fraction of sp³-hybridized carbons (Fsp3) is 0.333. The number of hydrogen-bond acceptors (Lipinski definition) is 3. The minimum absolute atomic E-state index is 0.113. The first-order chi connectivity index (χ1) is 8.81. The van der Waals surface area contributed by atoms with E-state index in [-0.39, 0.29) is 5.92 Å². The average molecular weight is 288 g/mol. The van der Waals surface area contributed by atoms with Crippen molar-refractivity contribution in [3.8, 4) is 0 Å². The van der Waals surface area contributed by atoms with Crippen LogP contribution in [-0.2, 0) is 4.79 Å². The summed E-state index contributed by atoms with van der Waals surface area (Å²) >= 11 is 1.04. The summed E-state index contributed by atoms with van der Waals surface area (Å²) in [6.45, 7) is 3.55. The number of benzene rings is 1. The third kappa shape index (κ3) is 4.51. The first-order valence-electron chi connectivity index (χ1n) is 5.53. The molecule has 104 valence electrons. The van der Waals surface area contributed by atoms with Crippen LogP contribution in [0.15, 0.2) is 23.1 Å². The Kier molecular flexibility index (Phi) is 5.29. The lowest BCUT2D eigenvalue weighted by Crippen LogP contribution is -2.42. The monoisotopic (exact) mass is 288 g/mol. The molecule has 19 heavy (non-hydrogen) atoms. The number of nitrogens with two attached hydrogens (primary N) is 1. The minimum Gasteiger partial charge on any atom is -0.351 e. The van der Waals surface area contributed by atoms with E-state index in [1.165, 1.54) is 6.07 Å². The molecule has 0 saturated heterocycles. The van der Waals surface area contributed by atoms with Crippen molar-refractivity contribution >= 4 is 23.7 Å². The number of amides is 3. The van der Waals surface area contributed by atoms with Crippen LogP contribution < -0.4 is 11.1 Å². The van der Waals surface area contributed by atoms with Crippen molar-refractivity contribution in [2.75, 3.05) is 0 Å². The first-order valence-corrected chi connectivity index (χ1v) is 6.41. The number of rotatable bonds is 4. The smallest absolute Gasteiger partial charge is 0.318 e. The van der Waals surface area contributed by atoms with Crippen molar-refractivity contribution in [1.82, 2.24) is 5.32 Å². The molecule has 4 nitrogen and oxygen atoms in total. The van der Waals surface area contributed by atoms with Crippen molar-refractivity contribution in [1.29, 1.82) is 0 Å². The molecule has 0 fully saturated rings. The molecule has 0 aliphatic heterocycles. The van der Waals surface area contributed by atoms with Crippen LogP contribution in [0.5, 0.6) is 0 Å². The summed E-state index contributed by atoms with van der Waals surface area (Å²) in [6.07, 6.45) is 0. The molecule has 1 rings (SSSR count). The highest BCUT2D eigenvalue weighted by Gasteiger charge is 2.24. The maximum Gasteiger partial charge on any atom is 0.318 e. The summed E-state index contributed by atoms with van der Waals surface area (Å²) in [5.41, 5.74) is 4.88. The van der Waals surface area contributed by atoms with Gasteiger partial charge in [-0.1, -0.05) is 13.8 Å². The van der Waals surface area contributed by atoms with Gasteiger partial charge in [-0.05, 0) is 24.1 Å². The fourth-order valence-electron chi connectivity index (χ4n) is 1.38. The number of hydrogen-bond donors (Lipinski definition) is 2. The Hall–Kier alpha value is -1.63. The third-order valence-electron chi connectivity index (χ3n) is 2.26. The van der Waals surface area contributed by atoms with E-state index in [9.17, 15) is 18.4 Å². The highest BCUT2D eigenvalue weighted by atomic mass is 32.2. The van der Waals surface area contributed by atoms with Gasteiger partial charge in [-0.2, -0.15) is 0 Å². The Labute approximate surface area is 113 Å². The molecule has 1 aromatic carbocycles. The zero-order valence-electron chi connectivity index (χ0n) is 10.4. The van der Waals surface area contributed by atoms with E-state index in [0.29, 0.717) is 4.90 Å². The Balaban J connectivity index is 2.86. The zero-order chi connectivity index (χ0) is 14.6. The van der Waals surface area contributed by atoms with E-state index in [4.69, 9.17) is 5.73 Å². The van der Waals surface area contributed by atoms with Gasteiger partial charge in [-0.15, -0.1) is 11.8 Å². The Morgan fingerprint density at radius 3 is 2.37 bits per heavy atom. The van der Waals surface area contributed by atoms with Gasteiger partial charge in [0.25, 0.3) is 0 Å². The quantitative estimate of drug-likeness (QED) is 0.835. The second-order valence-electron chi connectivity index (χ2n) is 4.21. The van der Waals surface area contributed by atoms with Gasteiger partial charge >= 0.3 is 6.03 Å². The molecule has 0 bridgehead atoms. The molecule has 3 amide bonds. The lowest BCUT2D eigenvalue weighted by atomic mass is 10.1. The largest absolute Gasteiger partial charge is 0.351 e. The maximum atomic E-state index is 13.1. The molecule has 0 saturated carbocycles. The number of imide groups is 1. The van der Waals surface area contributed by atoms with Gasteiger partial charge in [0.1, 0.15) is 0 Å². The molecule has 1 aromatic rings. The van der Waals surface area contributed by atoms with E-state index in [2.05, 4.69) is 0 Å². The number of nitrogens with one attached hydrogen (secondary N) is 1. The minimum atomic E-state index is -0.984.